The number of nitrogens with one attached hydrogen (secondary N) is 1. The minimum atomic E-state index is -0.252. The van der Waals surface area contributed by atoms with E-state index >= 15 is 0 Å². The fourth-order valence-corrected chi connectivity index (χ4v) is 2.24. The van der Waals surface area contributed by atoms with Crippen LogP contribution in [-0.2, 0) is 0 Å². The zero-order valence-corrected chi connectivity index (χ0v) is 12.5. The lowest BCUT2D eigenvalue weighted by atomic mass is 10.2. The average Bonchev–Trinajstić information content (AvgIpc) is 2.36. The Labute approximate surface area is 127 Å². The number of aryl methyl sites for hydroxylation is 1. The Morgan fingerprint density at radius 3 is 2.58 bits per heavy atom. The van der Waals surface area contributed by atoms with Gasteiger partial charge in [0.05, 0.1) is 10.7 Å². The van der Waals surface area contributed by atoms with Gasteiger partial charge in [-0.1, -0.05) is 29.3 Å². The minimum Gasteiger partial charge on any atom is -0.321 e. The van der Waals surface area contributed by atoms with Crippen LogP contribution in [0.4, 0.5) is 5.69 Å². The predicted molar refractivity (Wildman–Crippen MR) is 82.8 cm³/mol. The van der Waals surface area contributed by atoms with Crippen molar-refractivity contribution < 1.29 is 4.79 Å². The summed E-state index contributed by atoms with van der Waals surface area (Å²) in [6, 6.07) is 10.3. The van der Waals surface area contributed by atoms with Gasteiger partial charge in [0.2, 0.25) is 0 Å². The third kappa shape index (κ3) is 3.44. The van der Waals surface area contributed by atoms with Gasteiger partial charge in [-0.25, -0.2) is 0 Å². The molecular formula is C14H11Cl2NOS. The highest BCUT2D eigenvalue weighted by molar-refractivity contribution is 7.80. The molecular weight excluding hydrogens is 301 g/mol. The van der Waals surface area contributed by atoms with E-state index in [2.05, 4.69) is 17.9 Å². The molecule has 0 aliphatic carbocycles. The van der Waals surface area contributed by atoms with Gasteiger partial charge in [0, 0.05) is 15.5 Å². The zero-order chi connectivity index (χ0) is 14.0. The molecule has 0 fully saturated rings. The van der Waals surface area contributed by atoms with E-state index < -0.39 is 0 Å². The van der Waals surface area contributed by atoms with Crippen molar-refractivity contribution in [3.63, 3.8) is 0 Å². The van der Waals surface area contributed by atoms with Gasteiger partial charge in [-0.2, -0.15) is 0 Å². The van der Waals surface area contributed by atoms with Gasteiger partial charge in [-0.3, -0.25) is 4.79 Å². The Kier molecular flexibility index (Phi) is 4.40. The van der Waals surface area contributed by atoms with Crippen LogP contribution >= 0.6 is 35.8 Å². The van der Waals surface area contributed by atoms with Crippen LogP contribution in [0.25, 0.3) is 0 Å². The van der Waals surface area contributed by atoms with Crippen molar-refractivity contribution in [1.82, 2.24) is 0 Å². The summed E-state index contributed by atoms with van der Waals surface area (Å²) in [5, 5.41) is 3.75. The summed E-state index contributed by atoms with van der Waals surface area (Å²) in [4.78, 5) is 12.8. The maximum absolute atomic E-state index is 12.1. The van der Waals surface area contributed by atoms with Gasteiger partial charge in [0.15, 0.2) is 0 Å². The SMILES string of the molecule is Cc1cc(Cl)c(NC(=O)c2cccc(S)c2)cc1Cl. The monoisotopic (exact) mass is 311 g/mol. The quantitative estimate of drug-likeness (QED) is 0.763. The Hall–Kier alpha value is -1.16. The van der Waals surface area contributed by atoms with Crippen molar-refractivity contribution in [3.05, 3.63) is 57.6 Å². The lowest BCUT2D eigenvalue weighted by molar-refractivity contribution is 0.102. The highest BCUT2D eigenvalue weighted by atomic mass is 35.5. The molecule has 0 saturated carbocycles. The molecule has 5 heteroatoms. The zero-order valence-electron chi connectivity index (χ0n) is 10.1. The van der Waals surface area contributed by atoms with Gasteiger partial charge >= 0.3 is 0 Å². The van der Waals surface area contributed by atoms with Gasteiger partial charge < -0.3 is 5.32 Å². The van der Waals surface area contributed by atoms with E-state index in [0.29, 0.717) is 21.3 Å². The molecule has 0 unspecified atom stereocenters. The molecule has 0 radical (unpaired) electrons. The number of hydrogen-bond donors (Lipinski definition) is 2. The van der Waals surface area contributed by atoms with Crippen molar-refractivity contribution in [2.75, 3.05) is 5.32 Å². The molecule has 0 bridgehead atoms. The number of benzene rings is 2. The minimum absolute atomic E-state index is 0.252. The Morgan fingerprint density at radius 2 is 1.89 bits per heavy atom. The molecule has 0 spiro atoms. The Balaban J connectivity index is 2.27. The van der Waals surface area contributed by atoms with Crippen LogP contribution in [0.2, 0.25) is 10.0 Å². The molecule has 2 nitrogen and oxygen atoms in total. The summed E-state index contributed by atoms with van der Waals surface area (Å²) >= 11 is 16.3. The van der Waals surface area contributed by atoms with E-state index in [1.54, 1.807) is 36.4 Å². The van der Waals surface area contributed by atoms with Crippen LogP contribution in [0, 0.1) is 6.92 Å². The number of halogens is 2. The fourth-order valence-electron chi connectivity index (χ4n) is 1.58. The second-order valence-electron chi connectivity index (χ2n) is 4.09. The average molecular weight is 312 g/mol. The van der Waals surface area contributed by atoms with Crippen molar-refractivity contribution in [2.45, 2.75) is 11.8 Å². The van der Waals surface area contributed by atoms with Crippen LogP contribution in [-0.4, -0.2) is 5.91 Å². The molecule has 2 aromatic carbocycles. The number of anilines is 1. The standard InChI is InChI=1S/C14H11Cl2NOS/c1-8-5-12(16)13(7-11(8)15)17-14(18)9-3-2-4-10(19)6-9/h2-7,19H,1H3,(H,17,18). The number of carbonyl (C=O) groups excluding carboxylic acids is 1. The van der Waals surface area contributed by atoms with Crippen LogP contribution in [0.15, 0.2) is 41.3 Å². The van der Waals surface area contributed by atoms with E-state index in [1.165, 1.54) is 0 Å². The lowest BCUT2D eigenvalue weighted by Gasteiger charge is -2.09. The number of thiol groups is 1. The summed E-state index contributed by atoms with van der Waals surface area (Å²) in [5.74, 6) is -0.252. The first-order valence-corrected chi connectivity index (χ1v) is 6.73. The number of hydrogen-bond acceptors (Lipinski definition) is 2. The van der Waals surface area contributed by atoms with Crippen LogP contribution < -0.4 is 5.32 Å². The third-order valence-electron chi connectivity index (χ3n) is 2.60. The molecule has 0 heterocycles. The molecule has 0 atom stereocenters. The smallest absolute Gasteiger partial charge is 0.255 e. The van der Waals surface area contributed by atoms with E-state index in [4.69, 9.17) is 23.2 Å². The molecule has 1 amide bonds. The second-order valence-corrected chi connectivity index (χ2v) is 5.42. The molecule has 0 aromatic heterocycles. The molecule has 0 aliphatic heterocycles. The maximum atomic E-state index is 12.1. The highest BCUT2D eigenvalue weighted by Crippen LogP contribution is 2.29. The molecule has 98 valence electrons. The van der Waals surface area contributed by atoms with Gasteiger partial charge in [-0.05, 0) is 42.8 Å². The van der Waals surface area contributed by atoms with Crippen molar-refractivity contribution in [3.8, 4) is 0 Å². The molecule has 2 aromatic rings. The lowest BCUT2D eigenvalue weighted by Crippen LogP contribution is -2.12. The van der Waals surface area contributed by atoms with Crippen molar-refractivity contribution in [2.24, 2.45) is 0 Å². The summed E-state index contributed by atoms with van der Waals surface area (Å²) < 4.78 is 0. The van der Waals surface area contributed by atoms with E-state index in [-0.39, 0.29) is 5.91 Å². The molecule has 2 rings (SSSR count). The van der Waals surface area contributed by atoms with Crippen molar-refractivity contribution in [1.29, 1.82) is 0 Å². The summed E-state index contributed by atoms with van der Waals surface area (Å²) in [7, 11) is 0. The van der Waals surface area contributed by atoms with Crippen molar-refractivity contribution >= 4 is 47.4 Å². The topological polar surface area (TPSA) is 29.1 Å². The molecule has 1 N–H and O–H groups in total. The molecule has 19 heavy (non-hydrogen) atoms. The number of carbonyl (C=O) groups is 1. The highest BCUT2D eigenvalue weighted by Gasteiger charge is 2.10. The Bertz CT molecular complexity index is 643. The van der Waals surface area contributed by atoms with Crippen LogP contribution in [0.3, 0.4) is 0 Å². The van der Waals surface area contributed by atoms with Crippen LogP contribution in [0.5, 0.6) is 0 Å². The Morgan fingerprint density at radius 1 is 1.16 bits per heavy atom. The first-order valence-electron chi connectivity index (χ1n) is 5.53. The van der Waals surface area contributed by atoms with E-state index in [9.17, 15) is 4.79 Å². The summed E-state index contributed by atoms with van der Waals surface area (Å²) in [6.45, 7) is 1.85. The number of rotatable bonds is 2. The largest absolute Gasteiger partial charge is 0.321 e. The normalized spacial score (nSPS) is 10.3. The first kappa shape index (κ1) is 14.3. The predicted octanol–water partition coefficient (Wildman–Crippen LogP) is 4.84. The molecule has 0 aliphatic rings. The van der Waals surface area contributed by atoms with E-state index in [0.717, 1.165) is 10.5 Å². The third-order valence-corrected chi connectivity index (χ3v) is 3.60. The summed E-state index contributed by atoms with van der Waals surface area (Å²) in [6.07, 6.45) is 0. The van der Waals surface area contributed by atoms with Crippen LogP contribution in [0.1, 0.15) is 15.9 Å². The number of amides is 1. The van der Waals surface area contributed by atoms with Gasteiger partial charge in [0.1, 0.15) is 0 Å². The van der Waals surface area contributed by atoms with E-state index in [1.807, 2.05) is 6.92 Å². The van der Waals surface area contributed by atoms with Gasteiger partial charge in [-0.15, -0.1) is 12.6 Å². The fraction of sp³-hybridized carbons (Fsp3) is 0.0714. The second kappa shape index (κ2) is 5.87. The summed E-state index contributed by atoms with van der Waals surface area (Å²) in [5.41, 5.74) is 1.87. The first-order chi connectivity index (χ1) is 8.97. The molecule has 0 saturated heterocycles. The van der Waals surface area contributed by atoms with Gasteiger partial charge in [0.25, 0.3) is 5.91 Å². The maximum Gasteiger partial charge on any atom is 0.255 e.